The van der Waals surface area contributed by atoms with Gasteiger partial charge >= 0.3 is 5.97 Å². The second-order valence-corrected chi connectivity index (χ2v) is 16.5. The molecule has 0 spiro atoms. The smallest absolute Gasteiger partial charge is 0.312 e. The Balaban J connectivity index is 1.42. The number of benzene rings is 1. The lowest BCUT2D eigenvalue weighted by Crippen LogP contribution is -2.67. The molecule has 0 heterocycles. The number of carbonyl (C=O) groups excluding carboxylic acids is 2. The molecule has 1 aromatic rings. The number of esters is 1. The van der Waals surface area contributed by atoms with Crippen molar-refractivity contribution in [3.05, 3.63) is 47.6 Å². The number of ether oxygens (including phenoxy) is 2. The van der Waals surface area contributed by atoms with Crippen molar-refractivity contribution in [1.82, 2.24) is 0 Å². The summed E-state index contributed by atoms with van der Waals surface area (Å²) in [6.07, 6.45) is 11.5. The number of allylic oxidation sites excluding steroid dienone is 2. The topological polar surface area (TPSA) is 52.6 Å². The molecule has 4 nitrogen and oxygen atoms in total. The van der Waals surface area contributed by atoms with Gasteiger partial charge in [-0.3, -0.25) is 9.59 Å². The van der Waals surface area contributed by atoms with E-state index in [0.717, 1.165) is 74.7 Å². The van der Waals surface area contributed by atoms with Crippen LogP contribution in [0.25, 0.3) is 6.08 Å². The van der Waals surface area contributed by atoms with Gasteiger partial charge in [-0.2, -0.15) is 0 Å². The van der Waals surface area contributed by atoms with Crippen LogP contribution in [0.15, 0.2) is 42.0 Å². The number of ketones is 1. The van der Waals surface area contributed by atoms with Gasteiger partial charge in [0.2, 0.25) is 0 Å². The van der Waals surface area contributed by atoms with E-state index in [4.69, 9.17) is 9.47 Å². The van der Waals surface area contributed by atoms with Crippen molar-refractivity contribution < 1.29 is 19.1 Å². The van der Waals surface area contributed by atoms with Crippen molar-refractivity contribution in [3.8, 4) is 5.75 Å². The fraction of sp³-hybridized carbons (Fsp3) is 0.692. The zero-order valence-corrected chi connectivity index (χ0v) is 28.0. The number of methoxy groups -OCH3 is 2. The molecule has 43 heavy (non-hydrogen) atoms. The second-order valence-electron chi connectivity index (χ2n) is 16.5. The quantitative estimate of drug-likeness (QED) is 0.201. The van der Waals surface area contributed by atoms with Gasteiger partial charge in [-0.15, -0.1) is 0 Å². The fourth-order valence-corrected chi connectivity index (χ4v) is 12.7. The second kappa shape index (κ2) is 10.1. The molecule has 0 amide bonds. The SMILES string of the molecule is C=C(C)[C@H]1CC[C@@]2(C(=O)OC)CC[C@]3(C)[C@@H](CC[C@H]4[C@@]5(C)CC(=Cc6ccccc6OC)C(=O)C(C)(C)[C@H]5CC[C@]43C)[C@@H]12. The summed E-state index contributed by atoms with van der Waals surface area (Å²) >= 11 is 0. The first kappa shape index (κ1) is 30.7. The summed E-state index contributed by atoms with van der Waals surface area (Å²) < 4.78 is 11.2. The van der Waals surface area contributed by atoms with Gasteiger partial charge in [-0.1, -0.05) is 65.0 Å². The number of hydrogen-bond donors (Lipinski definition) is 0. The van der Waals surface area contributed by atoms with Gasteiger partial charge < -0.3 is 9.47 Å². The van der Waals surface area contributed by atoms with Crippen LogP contribution in [0.1, 0.15) is 105 Å². The molecule has 4 heteroatoms. The Bertz CT molecular complexity index is 1370. The predicted octanol–water partition coefficient (Wildman–Crippen LogP) is 9.09. The number of Topliss-reactive ketones (excluding diaryl/α,β-unsaturated/α-hetero) is 1. The Hall–Kier alpha value is -2.36. The molecule has 0 radical (unpaired) electrons. The molecule has 0 aliphatic heterocycles. The van der Waals surface area contributed by atoms with Crippen LogP contribution >= 0.6 is 0 Å². The molecule has 5 fully saturated rings. The zero-order chi connectivity index (χ0) is 31.2. The molecule has 9 atom stereocenters. The van der Waals surface area contributed by atoms with Crippen LogP contribution in [-0.4, -0.2) is 26.0 Å². The van der Waals surface area contributed by atoms with Gasteiger partial charge in [0.1, 0.15) is 5.75 Å². The Morgan fingerprint density at radius 2 is 1.63 bits per heavy atom. The van der Waals surface area contributed by atoms with Gasteiger partial charge in [0.15, 0.2) is 5.78 Å². The van der Waals surface area contributed by atoms with E-state index in [0.29, 0.717) is 35.4 Å². The van der Waals surface area contributed by atoms with E-state index >= 15 is 0 Å². The maximum absolute atomic E-state index is 14.2. The first-order chi connectivity index (χ1) is 20.2. The highest BCUT2D eigenvalue weighted by Crippen LogP contribution is 2.77. The first-order valence-electron chi connectivity index (χ1n) is 16.8. The molecule has 234 valence electrons. The van der Waals surface area contributed by atoms with Crippen LogP contribution in [0.2, 0.25) is 0 Å². The Kier molecular flexibility index (Phi) is 7.18. The third-order valence-electron chi connectivity index (χ3n) is 14.7. The number of fused-ring (bicyclic) bond motifs is 7. The van der Waals surface area contributed by atoms with Crippen LogP contribution < -0.4 is 4.74 Å². The van der Waals surface area contributed by atoms with Gasteiger partial charge in [-0.05, 0) is 128 Å². The van der Waals surface area contributed by atoms with Crippen molar-refractivity contribution in [1.29, 1.82) is 0 Å². The minimum absolute atomic E-state index is 0.0184. The van der Waals surface area contributed by atoms with Gasteiger partial charge in [-0.25, -0.2) is 0 Å². The molecule has 5 aliphatic rings. The number of para-hydroxylation sites is 1. The molecule has 6 rings (SSSR count). The maximum Gasteiger partial charge on any atom is 0.312 e. The summed E-state index contributed by atoms with van der Waals surface area (Å²) in [5.41, 5.74) is 2.68. The van der Waals surface area contributed by atoms with Crippen molar-refractivity contribution in [2.45, 2.75) is 99.3 Å². The van der Waals surface area contributed by atoms with Gasteiger partial charge in [0.05, 0.1) is 19.6 Å². The van der Waals surface area contributed by atoms with E-state index < -0.39 is 5.41 Å². The minimum Gasteiger partial charge on any atom is -0.496 e. The third-order valence-corrected chi connectivity index (χ3v) is 14.7. The van der Waals surface area contributed by atoms with Crippen molar-refractivity contribution in [2.24, 2.45) is 56.7 Å². The van der Waals surface area contributed by atoms with E-state index in [1.54, 1.807) is 14.2 Å². The van der Waals surface area contributed by atoms with Crippen molar-refractivity contribution in [2.75, 3.05) is 14.2 Å². The van der Waals surface area contributed by atoms with E-state index in [-0.39, 0.29) is 27.6 Å². The normalized spacial score (nSPS) is 44.0. The molecule has 0 saturated heterocycles. The lowest BCUT2D eigenvalue weighted by Gasteiger charge is -2.72. The lowest BCUT2D eigenvalue weighted by atomic mass is 9.32. The molecular formula is C39H54O4. The molecule has 0 N–H and O–H groups in total. The average Bonchev–Trinajstić information content (AvgIpc) is 3.37. The Morgan fingerprint density at radius 3 is 2.30 bits per heavy atom. The zero-order valence-electron chi connectivity index (χ0n) is 28.0. The third kappa shape index (κ3) is 3.99. The average molecular weight is 587 g/mol. The summed E-state index contributed by atoms with van der Waals surface area (Å²) in [4.78, 5) is 27.7. The standard InChI is InChI=1S/C39H54O4/c1-24(2)27-16-19-39(34(41)43-9)21-20-37(6)28(32(27)39)14-15-31-36(5)23-26(22-25-12-10-11-13-29(25)42-8)33(40)35(3,4)30(36)17-18-38(31,37)7/h10-13,22,27-28,30-32H,1,14-21,23H2,2-9H3/t27-,28+,30-,31+,32-,36+,37-,38-,39-/m1/s1. The molecule has 0 bridgehead atoms. The van der Waals surface area contributed by atoms with Crippen LogP contribution in [0.3, 0.4) is 0 Å². The van der Waals surface area contributed by atoms with Crippen LogP contribution in [0.5, 0.6) is 5.75 Å². The van der Waals surface area contributed by atoms with Gasteiger partial charge in [0.25, 0.3) is 0 Å². The summed E-state index contributed by atoms with van der Waals surface area (Å²) in [5, 5.41) is 0. The van der Waals surface area contributed by atoms with Crippen molar-refractivity contribution >= 4 is 17.8 Å². The molecular weight excluding hydrogens is 532 g/mol. The first-order valence-corrected chi connectivity index (χ1v) is 16.8. The minimum atomic E-state index is -0.414. The Labute approximate surface area is 260 Å². The number of hydrogen-bond acceptors (Lipinski definition) is 4. The lowest BCUT2D eigenvalue weighted by molar-refractivity contribution is -0.232. The highest BCUT2D eigenvalue weighted by molar-refractivity contribution is 6.04. The van der Waals surface area contributed by atoms with E-state index in [2.05, 4.69) is 60.3 Å². The summed E-state index contributed by atoms with van der Waals surface area (Å²) in [7, 11) is 3.29. The van der Waals surface area contributed by atoms with Crippen LogP contribution in [0, 0.1) is 56.7 Å². The highest BCUT2D eigenvalue weighted by atomic mass is 16.5. The van der Waals surface area contributed by atoms with Gasteiger partial charge in [0, 0.05) is 11.0 Å². The van der Waals surface area contributed by atoms with E-state index in [1.807, 2.05) is 18.2 Å². The highest BCUT2D eigenvalue weighted by Gasteiger charge is 2.72. The van der Waals surface area contributed by atoms with E-state index in [1.165, 1.54) is 5.57 Å². The molecule has 5 saturated carbocycles. The molecule has 0 unspecified atom stereocenters. The fourth-order valence-electron chi connectivity index (χ4n) is 12.7. The predicted molar refractivity (Wildman–Crippen MR) is 172 cm³/mol. The van der Waals surface area contributed by atoms with Crippen molar-refractivity contribution in [3.63, 3.8) is 0 Å². The van der Waals surface area contributed by atoms with E-state index in [9.17, 15) is 9.59 Å². The number of carbonyl (C=O) groups is 2. The molecule has 1 aromatic carbocycles. The largest absolute Gasteiger partial charge is 0.496 e. The number of rotatable bonds is 4. The summed E-state index contributed by atoms with van der Waals surface area (Å²) in [6, 6.07) is 8.05. The monoisotopic (exact) mass is 586 g/mol. The summed E-state index contributed by atoms with van der Waals surface area (Å²) in [6.45, 7) is 18.8. The van der Waals surface area contributed by atoms with Crippen LogP contribution in [-0.2, 0) is 14.3 Å². The Morgan fingerprint density at radius 1 is 0.907 bits per heavy atom. The summed E-state index contributed by atoms with van der Waals surface area (Å²) in [5.74, 6) is 3.19. The van der Waals surface area contributed by atoms with Crippen LogP contribution in [0.4, 0.5) is 0 Å². The molecule has 5 aliphatic carbocycles. The maximum atomic E-state index is 14.2. The molecule has 0 aromatic heterocycles.